The molecule has 0 bridgehead atoms. The summed E-state index contributed by atoms with van der Waals surface area (Å²) in [6, 6.07) is 21.2. The SMILES string of the molecule is O=C(c1cccc(S(=O)(=O)Nc2ccccc2F)c1)N1CCC(Nc2ccccc2)C1. The second-order valence-corrected chi connectivity index (χ2v) is 9.04. The molecule has 6 nitrogen and oxygen atoms in total. The smallest absolute Gasteiger partial charge is 0.262 e. The molecule has 160 valence electrons. The fraction of sp³-hybridized carbons (Fsp3) is 0.174. The molecule has 0 aromatic heterocycles. The van der Waals surface area contributed by atoms with Gasteiger partial charge in [-0.25, -0.2) is 12.8 Å². The molecule has 0 spiro atoms. The van der Waals surface area contributed by atoms with Crippen molar-refractivity contribution < 1.29 is 17.6 Å². The molecule has 1 unspecified atom stereocenters. The molecule has 4 rings (SSSR count). The highest BCUT2D eigenvalue weighted by atomic mass is 32.2. The number of amides is 1. The van der Waals surface area contributed by atoms with Crippen molar-refractivity contribution >= 4 is 27.3 Å². The number of rotatable bonds is 6. The summed E-state index contributed by atoms with van der Waals surface area (Å²) in [7, 11) is -4.04. The van der Waals surface area contributed by atoms with Gasteiger partial charge in [-0.3, -0.25) is 9.52 Å². The molecule has 0 radical (unpaired) electrons. The van der Waals surface area contributed by atoms with Crippen molar-refractivity contribution in [3.63, 3.8) is 0 Å². The third-order valence-electron chi connectivity index (χ3n) is 5.13. The summed E-state index contributed by atoms with van der Waals surface area (Å²) in [5, 5.41) is 3.41. The van der Waals surface area contributed by atoms with Gasteiger partial charge in [0.1, 0.15) is 5.82 Å². The maximum Gasteiger partial charge on any atom is 0.262 e. The van der Waals surface area contributed by atoms with Crippen molar-refractivity contribution in [3.05, 3.63) is 90.2 Å². The van der Waals surface area contributed by atoms with Gasteiger partial charge in [-0.1, -0.05) is 36.4 Å². The third kappa shape index (κ3) is 4.86. The van der Waals surface area contributed by atoms with E-state index in [1.54, 1.807) is 11.0 Å². The van der Waals surface area contributed by atoms with Crippen LogP contribution in [0.15, 0.2) is 83.8 Å². The predicted molar refractivity (Wildman–Crippen MR) is 118 cm³/mol. The summed E-state index contributed by atoms with van der Waals surface area (Å²) in [6.45, 7) is 1.10. The first kappa shape index (κ1) is 20.9. The van der Waals surface area contributed by atoms with Gasteiger partial charge < -0.3 is 10.2 Å². The number of nitrogens with zero attached hydrogens (tertiary/aromatic N) is 1. The van der Waals surface area contributed by atoms with Crippen molar-refractivity contribution in [2.45, 2.75) is 17.4 Å². The van der Waals surface area contributed by atoms with Crippen LogP contribution in [0.5, 0.6) is 0 Å². The van der Waals surface area contributed by atoms with Crippen LogP contribution in [0, 0.1) is 5.82 Å². The number of halogens is 1. The van der Waals surface area contributed by atoms with E-state index < -0.39 is 15.8 Å². The van der Waals surface area contributed by atoms with Crippen molar-refractivity contribution in [1.29, 1.82) is 0 Å². The molecule has 0 aliphatic carbocycles. The number of hydrogen-bond acceptors (Lipinski definition) is 4. The van der Waals surface area contributed by atoms with Crippen molar-refractivity contribution in [1.82, 2.24) is 4.90 Å². The van der Waals surface area contributed by atoms with Crippen LogP contribution in [-0.4, -0.2) is 38.4 Å². The molecule has 2 N–H and O–H groups in total. The van der Waals surface area contributed by atoms with Crippen LogP contribution >= 0.6 is 0 Å². The Morgan fingerprint density at radius 1 is 0.968 bits per heavy atom. The molecule has 3 aromatic rings. The number of anilines is 2. The second-order valence-electron chi connectivity index (χ2n) is 7.36. The fourth-order valence-electron chi connectivity index (χ4n) is 3.56. The van der Waals surface area contributed by atoms with Gasteiger partial charge in [0.05, 0.1) is 10.6 Å². The Kier molecular flexibility index (Phi) is 5.90. The van der Waals surface area contributed by atoms with Crippen molar-refractivity contribution in [2.75, 3.05) is 23.1 Å². The Balaban J connectivity index is 1.46. The van der Waals surface area contributed by atoms with Gasteiger partial charge >= 0.3 is 0 Å². The second kappa shape index (κ2) is 8.77. The Labute approximate surface area is 180 Å². The number of nitrogens with one attached hydrogen (secondary N) is 2. The molecule has 31 heavy (non-hydrogen) atoms. The highest BCUT2D eigenvalue weighted by Crippen LogP contribution is 2.22. The lowest BCUT2D eigenvalue weighted by atomic mass is 10.2. The van der Waals surface area contributed by atoms with E-state index >= 15 is 0 Å². The monoisotopic (exact) mass is 439 g/mol. The molecule has 0 saturated carbocycles. The largest absolute Gasteiger partial charge is 0.380 e. The maximum absolute atomic E-state index is 13.8. The lowest BCUT2D eigenvalue weighted by Gasteiger charge is -2.18. The van der Waals surface area contributed by atoms with E-state index in [9.17, 15) is 17.6 Å². The quantitative estimate of drug-likeness (QED) is 0.610. The number of carbonyl (C=O) groups is 1. The van der Waals surface area contributed by atoms with Crippen LogP contribution in [0.1, 0.15) is 16.8 Å². The molecule has 1 aliphatic rings. The maximum atomic E-state index is 13.8. The summed E-state index contributed by atoms with van der Waals surface area (Å²) < 4.78 is 41.5. The normalized spacial score (nSPS) is 16.2. The number of hydrogen-bond donors (Lipinski definition) is 2. The minimum atomic E-state index is -4.04. The van der Waals surface area contributed by atoms with Gasteiger partial charge in [0.15, 0.2) is 0 Å². The zero-order valence-corrected chi connectivity index (χ0v) is 17.5. The fourth-order valence-corrected chi connectivity index (χ4v) is 4.67. The Hall–Kier alpha value is -3.39. The van der Waals surface area contributed by atoms with Crippen LogP contribution in [0.2, 0.25) is 0 Å². The standard InChI is InChI=1S/C23H22FN3O3S/c24-21-11-4-5-12-22(21)26-31(29,30)20-10-6-7-17(15-20)23(28)27-14-13-19(16-27)25-18-8-2-1-3-9-18/h1-12,15,19,25-26H,13-14,16H2. The van der Waals surface area contributed by atoms with Crippen LogP contribution in [0.3, 0.4) is 0 Å². The first-order valence-electron chi connectivity index (χ1n) is 9.91. The molecule has 1 saturated heterocycles. The van der Waals surface area contributed by atoms with E-state index in [0.717, 1.165) is 12.1 Å². The van der Waals surface area contributed by atoms with Crippen LogP contribution < -0.4 is 10.0 Å². The summed E-state index contributed by atoms with van der Waals surface area (Å²) in [4.78, 5) is 14.6. The Morgan fingerprint density at radius 2 is 1.71 bits per heavy atom. The molecule has 3 aromatic carbocycles. The van der Waals surface area contributed by atoms with E-state index in [2.05, 4.69) is 10.0 Å². The summed E-state index contributed by atoms with van der Waals surface area (Å²) in [5.41, 5.74) is 1.12. The predicted octanol–water partition coefficient (Wildman–Crippen LogP) is 3.95. The Morgan fingerprint density at radius 3 is 2.48 bits per heavy atom. The lowest BCUT2D eigenvalue weighted by Crippen LogP contribution is -2.31. The number of sulfonamides is 1. The van der Waals surface area contributed by atoms with Crippen molar-refractivity contribution in [2.24, 2.45) is 0 Å². The number of carbonyl (C=O) groups excluding carboxylic acids is 1. The number of benzene rings is 3. The molecule has 1 fully saturated rings. The molecule has 1 amide bonds. The van der Waals surface area contributed by atoms with E-state index in [1.165, 1.54) is 42.5 Å². The number of likely N-dealkylation sites (tertiary alicyclic amines) is 1. The molecular formula is C23H22FN3O3S. The summed E-state index contributed by atoms with van der Waals surface area (Å²) in [6.07, 6.45) is 0.799. The van der Waals surface area contributed by atoms with Gasteiger partial charge in [-0.2, -0.15) is 0 Å². The first-order valence-corrected chi connectivity index (χ1v) is 11.4. The van der Waals surface area contributed by atoms with E-state index in [-0.39, 0.29) is 28.1 Å². The molecule has 1 heterocycles. The van der Waals surface area contributed by atoms with Gasteiger partial charge in [0, 0.05) is 30.4 Å². The Bertz CT molecular complexity index is 1190. The minimum absolute atomic E-state index is 0.0974. The highest BCUT2D eigenvalue weighted by molar-refractivity contribution is 7.92. The molecule has 8 heteroatoms. The molecule has 1 aliphatic heterocycles. The number of para-hydroxylation sites is 2. The van der Waals surface area contributed by atoms with Crippen LogP contribution in [-0.2, 0) is 10.0 Å². The topological polar surface area (TPSA) is 78.5 Å². The lowest BCUT2D eigenvalue weighted by molar-refractivity contribution is 0.0791. The zero-order chi connectivity index (χ0) is 21.8. The average Bonchev–Trinajstić information content (AvgIpc) is 3.24. The third-order valence-corrected chi connectivity index (χ3v) is 6.49. The van der Waals surface area contributed by atoms with Gasteiger partial charge in [-0.15, -0.1) is 0 Å². The van der Waals surface area contributed by atoms with Gasteiger partial charge in [-0.05, 0) is 48.9 Å². The van der Waals surface area contributed by atoms with E-state index in [4.69, 9.17) is 0 Å². The minimum Gasteiger partial charge on any atom is -0.380 e. The highest BCUT2D eigenvalue weighted by Gasteiger charge is 2.27. The van der Waals surface area contributed by atoms with Crippen molar-refractivity contribution in [3.8, 4) is 0 Å². The zero-order valence-electron chi connectivity index (χ0n) is 16.7. The van der Waals surface area contributed by atoms with Gasteiger partial charge in [0.2, 0.25) is 0 Å². The molecule has 1 atom stereocenters. The summed E-state index contributed by atoms with van der Waals surface area (Å²) in [5.74, 6) is -0.910. The first-order chi connectivity index (χ1) is 14.9. The van der Waals surface area contributed by atoms with E-state index in [0.29, 0.717) is 13.1 Å². The average molecular weight is 440 g/mol. The molecular weight excluding hydrogens is 417 g/mol. The van der Waals surface area contributed by atoms with Gasteiger partial charge in [0.25, 0.3) is 15.9 Å². The van der Waals surface area contributed by atoms with E-state index in [1.807, 2.05) is 30.3 Å². The van der Waals surface area contributed by atoms with Crippen LogP contribution in [0.4, 0.5) is 15.8 Å². The summed E-state index contributed by atoms with van der Waals surface area (Å²) >= 11 is 0. The van der Waals surface area contributed by atoms with Crippen LogP contribution in [0.25, 0.3) is 0 Å².